The van der Waals surface area contributed by atoms with E-state index in [1.807, 2.05) is 42.5 Å². The third kappa shape index (κ3) is 3.78. The number of ether oxygens (including phenoxy) is 3. The number of nitrogens with zero attached hydrogens (tertiary/aromatic N) is 1. The molecule has 2 heterocycles. The van der Waals surface area contributed by atoms with E-state index in [4.69, 9.17) is 14.2 Å². The van der Waals surface area contributed by atoms with Crippen LogP contribution < -0.4 is 9.47 Å². The van der Waals surface area contributed by atoms with Crippen molar-refractivity contribution >= 4 is 28.2 Å². The summed E-state index contributed by atoms with van der Waals surface area (Å²) in [4.78, 5) is 28.0. The van der Waals surface area contributed by atoms with E-state index in [1.165, 1.54) is 4.90 Å². The van der Waals surface area contributed by atoms with Crippen molar-refractivity contribution in [3.05, 3.63) is 77.4 Å². The molecule has 7 heteroatoms. The van der Waals surface area contributed by atoms with Gasteiger partial charge in [0.15, 0.2) is 11.5 Å². The van der Waals surface area contributed by atoms with Crippen LogP contribution in [0.5, 0.6) is 11.5 Å². The highest BCUT2D eigenvalue weighted by atomic mass is 16.6. The number of fused-ring (bicyclic) bond motifs is 2. The Morgan fingerprint density at radius 3 is 2.62 bits per heavy atom. The van der Waals surface area contributed by atoms with Crippen molar-refractivity contribution in [3.63, 3.8) is 0 Å². The Bertz CT molecular complexity index is 1290. The minimum absolute atomic E-state index is 0.0652. The van der Waals surface area contributed by atoms with Gasteiger partial charge < -0.3 is 24.2 Å². The van der Waals surface area contributed by atoms with Gasteiger partial charge in [0.1, 0.15) is 19.0 Å². The fraction of sp³-hybridized carbons (Fsp3) is 0.259. The summed E-state index contributed by atoms with van der Waals surface area (Å²) in [6, 6.07) is 17.9. The van der Waals surface area contributed by atoms with E-state index in [1.54, 1.807) is 25.3 Å². The topological polar surface area (TPSA) is 85.3 Å². The van der Waals surface area contributed by atoms with Crippen molar-refractivity contribution in [2.24, 2.45) is 0 Å². The van der Waals surface area contributed by atoms with E-state index < -0.39 is 17.7 Å². The Labute approximate surface area is 197 Å². The molecular weight excluding hydrogens is 434 g/mol. The smallest absolute Gasteiger partial charge is 0.295 e. The molecule has 1 saturated heterocycles. The van der Waals surface area contributed by atoms with Crippen LogP contribution >= 0.6 is 0 Å². The van der Waals surface area contributed by atoms with Gasteiger partial charge in [-0.25, -0.2) is 0 Å². The molecule has 1 atom stereocenters. The number of hydrogen-bond donors (Lipinski definition) is 1. The lowest BCUT2D eigenvalue weighted by Crippen LogP contribution is -2.31. The number of benzene rings is 3. The van der Waals surface area contributed by atoms with Crippen LogP contribution in [0.15, 0.2) is 66.2 Å². The van der Waals surface area contributed by atoms with Gasteiger partial charge >= 0.3 is 0 Å². The van der Waals surface area contributed by atoms with Crippen molar-refractivity contribution in [2.75, 3.05) is 33.5 Å². The Morgan fingerprint density at radius 2 is 1.79 bits per heavy atom. The molecule has 1 N–H and O–H groups in total. The second-order valence-corrected chi connectivity index (χ2v) is 8.27. The molecule has 34 heavy (non-hydrogen) atoms. The minimum atomic E-state index is -0.726. The third-order valence-corrected chi connectivity index (χ3v) is 6.22. The summed E-state index contributed by atoms with van der Waals surface area (Å²) in [5, 5.41) is 13.3. The summed E-state index contributed by atoms with van der Waals surface area (Å²) < 4.78 is 16.4. The summed E-state index contributed by atoms with van der Waals surface area (Å²) in [5.74, 6) is -0.502. The van der Waals surface area contributed by atoms with Crippen molar-refractivity contribution in [2.45, 2.75) is 12.5 Å². The Hall–Kier alpha value is -3.84. The molecule has 1 unspecified atom stereocenters. The lowest BCUT2D eigenvalue weighted by molar-refractivity contribution is -0.140. The van der Waals surface area contributed by atoms with Crippen LogP contribution in [-0.2, 0) is 14.3 Å². The summed E-state index contributed by atoms with van der Waals surface area (Å²) >= 11 is 0. The highest BCUT2D eigenvalue weighted by Gasteiger charge is 2.46. The predicted molar refractivity (Wildman–Crippen MR) is 127 cm³/mol. The molecule has 2 aliphatic heterocycles. The first-order valence-electron chi connectivity index (χ1n) is 11.2. The Kier molecular flexibility index (Phi) is 5.94. The van der Waals surface area contributed by atoms with Gasteiger partial charge in [-0.1, -0.05) is 42.5 Å². The summed E-state index contributed by atoms with van der Waals surface area (Å²) in [6.45, 7) is 1.63. The van der Waals surface area contributed by atoms with Crippen molar-refractivity contribution in [1.29, 1.82) is 0 Å². The maximum atomic E-state index is 13.3. The lowest BCUT2D eigenvalue weighted by Gasteiger charge is -2.26. The fourth-order valence-corrected chi connectivity index (χ4v) is 4.65. The normalized spacial score (nSPS) is 19.1. The van der Waals surface area contributed by atoms with Crippen LogP contribution in [0.25, 0.3) is 16.5 Å². The number of methoxy groups -OCH3 is 1. The van der Waals surface area contributed by atoms with Crippen molar-refractivity contribution < 1.29 is 28.9 Å². The largest absolute Gasteiger partial charge is 0.507 e. The van der Waals surface area contributed by atoms with Gasteiger partial charge in [-0.2, -0.15) is 0 Å². The van der Waals surface area contributed by atoms with Gasteiger partial charge in [-0.15, -0.1) is 0 Å². The first-order chi connectivity index (χ1) is 16.6. The molecule has 5 rings (SSSR count). The number of aliphatic hydroxyl groups excluding tert-OH is 1. The molecule has 1 amide bonds. The predicted octanol–water partition coefficient (Wildman–Crippen LogP) is 4.07. The molecular formula is C27H25NO6. The number of hydrogen-bond acceptors (Lipinski definition) is 6. The summed E-state index contributed by atoms with van der Waals surface area (Å²) in [5.41, 5.74) is 1.24. The van der Waals surface area contributed by atoms with Gasteiger partial charge in [0.2, 0.25) is 0 Å². The van der Waals surface area contributed by atoms with Crippen LogP contribution in [-0.4, -0.2) is 55.2 Å². The Balaban J connectivity index is 1.67. The molecule has 3 aromatic rings. The molecule has 0 spiro atoms. The second kappa shape index (κ2) is 9.19. The van der Waals surface area contributed by atoms with Gasteiger partial charge in [-0.3, -0.25) is 9.59 Å². The fourth-order valence-electron chi connectivity index (χ4n) is 4.65. The van der Waals surface area contributed by atoms with E-state index in [9.17, 15) is 14.7 Å². The highest BCUT2D eigenvalue weighted by molar-refractivity contribution is 6.46. The van der Waals surface area contributed by atoms with E-state index in [2.05, 4.69) is 0 Å². The van der Waals surface area contributed by atoms with E-state index in [-0.39, 0.29) is 11.3 Å². The molecule has 7 nitrogen and oxygen atoms in total. The quantitative estimate of drug-likeness (QED) is 0.259. The average molecular weight is 459 g/mol. The number of ketones is 1. The SMILES string of the molecule is COCCCN1C(=O)C(=O)/C(=C(\O)c2ccc3c(c2)OCCO3)C1c1cccc2ccccc12. The van der Waals surface area contributed by atoms with E-state index in [0.29, 0.717) is 49.8 Å². The number of Topliss-reactive ketones (excluding diaryl/α,β-unsaturated/α-hetero) is 1. The molecule has 0 bridgehead atoms. The molecule has 1 fully saturated rings. The van der Waals surface area contributed by atoms with Gasteiger partial charge in [-0.05, 0) is 41.0 Å². The van der Waals surface area contributed by atoms with Crippen LogP contribution in [0.3, 0.4) is 0 Å². The summed E-state index contributed by atoms with van der Waals surface area (Å²) in [7, 11) is 1.60. The van der Waals surface area contributed by atoms with Gasteiger partial charge in [0, 0.05) is 25.8 Å². The maximum Gasteiger partial charge on any atom is 0.295 e. The zero-order valence-electron chi connectivity index (χ0n) is 18.8. The van der Waals surface area contributed by atoms with Crippen LogP contribution in [0.1, 0.15) is 23.6 Å². The van der Waals surface area contributed by atoms with E-state index in [0.717, 1.165) is 16.3 Å². The number of carbonyl (C=O) groups is 2. The average Bonchev–Trinajstić information content (AvgIpc) is 3.12. The third-order valence-electron chi connectivity index (χ3n) is 6.22. The van der Waals surface area contributed by atoms with Crippen LogP contribution in [0.2, 0.25) is 0 Å². The molecule has 0 aromatic heterocycles. The maximum absolute atomic E-state index is 13.3. The van der Waals surface area contributed by atoms with Crippen LogP contribution in [0, 0.1) is 0 Å². The first kappa shape index (κ1) is 22.0. The number of aliphatic hydroxyl groups is 1. The number of amides is 1. The molecule has 0 saturated carbocycles. The van der Waals surface area contributed by atoms with Crippen LogP contribution in [0.4, 0.5) is 0 Å². The zero-order valence-corrected chi connectivity index (χ0v) is 18.8. The van der Waals surface area contributed by atoms with E-state index >= 15 is 0 Å². The second-order valence-electron chi connectivity index (χ2n) is 8.27. The standard InChI is InChI=1S/C27H25NO6/c1-32-13-5-12-28-24(20-9-4-7-17-6-2-3-8-19(17)20)23(26(30)27(28)31)25(29)18-10-11-21-22(16-18)34-15-14-33-21/h2-4,6-11,16,24,29H,5,12-15H2,1H3/b25-23-. The minimum Gasteiger partial charge on any atom is -0.507 e. The van der Waals surface area contributed by atoms with Gasteiger partial charge in [0.05, 0.1) is 11.6 Å². The molecule has 3 aromatic carbocycles. The molecule has 2 aliphatic rings. The Morgan fingerprint density at radius 1 is 1.03 bits per heavy atom. The van der Waals surface area contributed by atoms with Crippen molar-refractivity contribution in [1.82, 2.24) is 4.90 Å². The number of likely N-dealkylation sites (tertiary alicyclic amines) is 1. The highest BCUT2D eigenvalue weighted by Crippen LogP contribution is 2.43. The first-order valence-corrected chi connectivity index (χ1v) is 11.2. The summed E-state index contributed by atoms with van der Waals surface area (Å²) in [6.07, 6.45) is 0.564. The number of carbonyl (C=O) groups excluding carboxylic acids is 2. The lowest BCUT2D eigenvalue weighted by atomic mass is 9.91. The monoisotopic (exact) mass is 459 g/mol. The molecule has 0 radical (unpaired) electrons. The molecule has 0 aliphatic carbocycles. The zero-order chi connectivity index (χ0) is 23.7. The molecule has 174 valence electrons. The van der Waals surface area contributed by atoms with Crippen molar-refractivity contribution in [3.8, 4) is 11.5 Å². The van der Waals surface area contributed by atoms with Gasteiger partial charge in [0.25, 0.3) is 11.7 Å². The number of rotatable bonds is 6.